The van der Waals surface area contributed by atoms with Crippen LogP contribution in [0.5, 0.6) is 0 Å². The van der Waals surface area contributed by atoms with Crippen molar-refractivity contribution in [2.24, 2.45) is 0 Å². The third-order valence-electron chi connectivity index (χ3n) is 20.0. The van der Waals surface area contributed by atoms with Gasteiger partial charge in [-0.05, 0) is 187 Å². The van der Waals surface area contributed by atoms with E-state index in [1.165, 1.54) is 80.3 Å². The maximum absolute atomic E-state index is 12.9. The number of nitrogens with zero attached hydrogens (tertiary/aromatic N) is 8. The molecule has 12 aromatic carbocycles. The SMILES string of the molecule is Cc1ccnc(-c2[c-]cccc2)c1.Fc1ccc(-c2ccc(-c3[c-]cccc3)nc2)cc1.Fc1ccc(-c2ccc(-c3[c-]cccc3)nc2)cc1.Fc1ccc(-c2ccc(-c3[c-]cccc3)nc2)cc1.Fc1ccc(-c2ccc(-c3[c-]cccc3)nc2)cc1.[2H]C([2H])([2H])C([2H])(C)c1ccc(-c2[c-]cccc2)nc1.[2H]C([2H])([2H])C([2H])(C)c1ccnc(-c2[c-]cccc2)c1.[2H]C([2H])([2H])Cc1ccnc(-c2[c-]cccc2)c1.[Ir].[Ir].[Ir].[Ir]. The van der Waals surface area contributed by atoms with Crippen LogP contribution < -0.4 is 0 Å². The maximum Gasteiger partial charge on any atom is 0.123 e. The van der Waals surface area contributed by atoms with E-state index in [4.69, 9.17) is 15.1 Å². The Morgan fingerprint density at radius 2 is 0.496 bits per heavy atom. The summed E-state index contributed by atoms with van der Waals surface area (Å²) in [6.45, 7) is -1.87. The van der Waals surface area contributed by atoms with Gasteiger partial charge in [-0.15, -0.1) is 287 Å². The van der Waals surface area contributed by atoms with Crippen molar-refractivity contribution in [2.45, 2.75) is 59.5 Å². The van der Waals surface area contributed by atoms with Gasteiger partial charge in [-0.25, -0.2) is 17.6 Å². The van der Waals surface area contributed by atoms with Crippen molar-refractivity contribution in [1.29, 1.82) is 0 Å². The average molecular weight is 2520 g/mol. The normalized spacial score (nSPS) is 12.4. The largest absolute Gasteiger partial charge is 0.305 e. The summed E-state index contributed by atoms with van der Waals surface area (Å²) in [6, 6.07) is 141. The summed E-state index contributed by atoms with van der Waals surface area (Å²) in [5, 5.41) is 0. The summed E-state index contributed by atoms with van der Waals surface area (Å²) < 4.78 is 134. The van der Waals surface area contributed by atoms with E-state index in [1.54, 1.807) is 128 Å². The zero-order valence-electron chi connectivity index (χ0n) is 85.2. The van der Waals surface area contributed by atoms with E-state index in [1.807, 2.05) is 243 Å². The number of aryl methyl sites for hydroxylation is 2. The Morgan fingerprint density at radius 1 is 0.248 bits per heavy atom. The molecule has 137 heavy (non-hydrogen) atoms. The zero-order chi connectivity index (χ0) is 102. The van der Waals surface area contributed by atoms with Crippen LogP contribution in [-0.2, 0) is 86.8 Å². The van der Waals surface area contributed by atoms with Gasteiger partial charge in [-0.3, -0.25) is 0 Å². The molecule has 0 saturated carbocycles. The molecule has 20 aromatic rings. The Bertz CT molecular complexity index is 6810. The van der Waals surface area contributed by atoms with Crippen LogP contribution in [0.1, 0.15) is 83.5 Å². The van der Waals surface area contributed by atoms with Gasteiger partial charge in [0, 0.05) is 145 Å². The van der Waals surface area contributed by atoms with Crippen molar-refractivity contribution in [1.82, 2.24) is 39.9 Å². The second-order valence-electron chi connectivity index (χ2n) is 29.5. The Balaban J connectivity index is 0.000000188. The van der Waals surface area contributed by atoms with E-state index in [0.29, 0.717) is 22.5 Å². The average Bonchev–Trinajstić information content (AvgIpc) is 0.822. The van der Waals surface area contributed by atoms with E-state index in [0.717, 1.165) is 129 Å². The van der Waals surface area contributed by atoms with Crippen LogP contribution in [0.15, 0.2) is 438 Å². The summed E-state index contributed by atoms with van der Waals surface area (Å²) in [7, 11) is 0. The molecule has 8 aromatic heterocycles. The predicted octanol–water partition coefficient (Wildman–Crippen LogP) is 30.7. The summed E-state index contributed by atoms with van der Waals surface area (Å²) in [5.74, 6) is -4.22. The standard InChI is InChI=1S/4C17H11FN.2C14H14N.C13H12N.C12H10N.4Ir/c4*18-16-9-6-13(7-10-16)15-8-11-17(19-12-15)14-4-2-1-3-5-14;1-11(2)13-8-9-15-14(10-13)12-6-4-3-5-7-12;1-11(2)13-8-9-14(15-10-13)12-6-4-3-5-7-12;1-2-11-8-9-14-13(10-11)12-6-4-3-5-7-12;1-10-7-8-13-12(9-10)11-5-3-2-4-6-11;;;;/h4*1-4,6-12H;2*3-6,8-11H,1-2H3;3-6,8-10H,2H2,1H3;2-5,7-9H,1H3;;;;/q8*-1;;;;/i;;;;2*1D3,11D;1D3;;;;;. The van der Waals surface area contributed by atoms with Gasteiger partial charge < -0.3 is 39.9 Å². The minimum Gasteiger partial charge on any atom is -0.305 e. The predicted molar refractivity (Wildman–Crippen MR) is 532 cm³/mol. The maximum atomic E-state index is 12.9. The molecule has 16 heteroatoms. The van der Waals surface area contributed by atoms with Gasteiger partial charge in [0.25, 0.3) is 0 Å². The Morgan fingerprint density at radius 3 is 0.745 bits per heavy atom. The van der Waals surface area contributed by atoms with Crippen molar-refractivity contribution in [3.8, 4) is 135 Å². The second-order valence-corrected chi connectivity index (χ2v) is 29.5. The van der Waals surface area contributed by atoms with Gasteiger partial charge in [0.1, 0.15) is 23.3 Å². The third-order valence-corrected chi connectivity index (χ3v) is 20.0. The van der Waals surface area contributed by atoms with Crippen LogP contribution in [0.2, 0.25) is 0 Å². The molecule has 690 valence electrons. The molecule has 0 aliphatic heterocycles. The molecule has 2 atom stereocenters. The van der Waals surface area contributed by atoms with E-state index >= 15 is 0 Å². The molecule has 0 fully saturated rings. The molecular formula is C121H94F4Ir4N8-8. The summed E-state index contributed by atoms with van der Waals surface area (Å²) >= 11 is 0. The Hall–Kier alpha value is -13.8. The molecule has 0 bridgehead atoms. The molecular weight excluding hydrogens is 2410 g/mol. The van der Waals surface area contributed by atoms with Crippen LogP contribution in [0.4, 0.5) is 17.6 Å². The molecule has 20 rings (SSSR count). The minimum atomic E-state index is -2.38. The van der Waals surface area contributed by atoms with E-state index < -0.39 is 32.3 Å². The van der Waals surface area contributed by atoms with Crippen LogP contribution in [0.25, 0.3) is 135 Å². The second kappa shape index (κ2) is 57.1. The van der Waals surface area contributed by atoms with Crippen molar-refractivity contribution >= 4 is 0 Å². The topological polar surface area (TPSA) is 103 Å². The van der Waals surface area contributed by atoms with Crippen molar-refractivity contribution in [2.75, 3.05) is 0 Å². The number of rotatable bonds is 15. The van der Waals surface area contributed by atoms with Crippen molar-refractivity contribution in [3.63, 3.8) is 0 Å². The van der Waals surface area contributed by atoms with Crippen LogP contribution >= 0.6 is 0 Å². The number of pyridine rings is 8. The van der Waals surface area contributed by atoms with Crippen molar-refractivity contribution in [3.05, 3.63) is 532 Å². The first-order valence-electron chi connectivity index (χ1n) is 47.8. The molecule has 0 aliphatic carbocycles. The third kappa shape index (κ3) is 33.9. The molecule has 0 aliphatic rings. The van der Waals surface area contributed by atoms with Crippen LogP contribution in [0.3, 0.4) is 0 Å². The molecule has 8 nitrogen and oxygen atoms in total. The first-order valence-corrected chi connectivity index (χ1v) is 42.3. The molecule has 8 heterocycles. The fourth-order valence-electron chi connectivity index (χ4n) is 12.9. The monoisotopic (exact) mass is 2520 g/mol. The van der Waals surface area contributed by atoms with Crippen LogP contribution in [-0.4, -0.2) is 39.9 Å². The molecule has 4 radical (unpaired) electrons. The number of benzene rings is 12. The summed E-state index contributed by atoms with van der Waals surface area (Å²) in [4.78, 5) is 34.6. The number of hydrogen-bond donors (Lipinski definition) is 0. The van der Waals surface area contributed by atoms with E-state index in [9.17, 15) is 17.6 Å². The van der Waals surface area contributed by atoms with E-state index in [2.05, 4.69) is 101 Å². The Kier molecular flexibility index (Phi) is 37.9. The number of aromatic nitrogens is 8. The van der Waals surface area contributed by atoms with Crippen molar-refractivity contribution < 1.29 is 113 Å². The molecule has 0 spiro atoms. The fraction of sp³-hybridized carbons (Fsp3) is 0.0744. The summed E-state index contributed by atoms with van der Waals surface area (Å²) in [5.41, 5.74) is 24.5. The first kappa shape index (κ1) is 90.9. The van der Waals surface area contributed by atoms with Gasteiger partial charge in [0.2, 0.25) is 0 Å². The first-order chi connectivity index (χ1) is 69.4. The summed E-state index contributed by atoms with van der Waals surface area (Å²) in [6.07, 6.45) is 13.7. The molecule has 2 unspecified atom stereocenters. The molecule has 0 saturated heterocycles. The van der Waals surface area contributed by atoms with Gasteiger partial charge >= 0.3 is 0 Å². The van der Waals surface area contributed by atoms with Gasteiger partial charge in [-0.1, -0.05) is 178 Å². The molecule has 0 N–H and O–H groups in total. The van der Waals surface area contributed by atoms with Gasteiger partial charge in [0.15, 0.2) is 0 Å². The van der Waals surface area contributed by atoms with Crippen LogP contribution in [0, 0.1) is 78.7 Å². The van der Waals surface area contributed by atoms with Gasteiger partial charge in [0.05, 0.1) is 0 Å². The smallest absolute Gasteiger partial charge is 0.123 e. The molecule has 0 amide bonds. The number of hydrogen-bond acceptors (Lipinski definition) is 8. The zero-order valence-corrected chi connectivity index (χ0v) is 83.8. The minimum absolute atomic E-state index is 0. The van der Waals surface area contributed by atoms with Gasteiger partial charge in [-0.2, -0.15) is 0 Å². The quantitative estimate of drug-likeness (QED) is 0.0739. The Labute approximate surface area is 872 Å². The van der Waals surface area contributed by atoms with E-state index in [-0.39, 0.29) is 110 Å². The fourth-order valence-corrected chi connectivity index (χ4v) is 12.9. The number of halogens is 4.